The smallest absolute Gasteiger partial charge is 0.0976 e. The monoisotopic (exact) mass is 328 g/mol. The standard InChI is InChI=1S/C19H24N2O3/c22-12-17(20-10-16-19(24)18(23)11-21-16)15-8-6-14(7-9-15)13-4-2-1-3-5-13/h1-9,16-24H,10-12H2/t16-,17?,18+,19-/m1/s1. The number of hydrogen-bond donors (Lipinski definition) is 5. The molecule has 0 saturated carbocycles. The third-order valence-corrected chi connectivity index (χ3v) is 4.58. The zero-order valence-electron chi connectivity index (χ0n) is 13.5. The number of nitrogens with one attached hydrogen (secondary N) is 2. The number of rotatable bonds is 6. The molecule has 0 bridgehead atoms. The van der Waals surface area contributed by atoms with E-state index in [2.05, 4.69) is 22.8 Å². The van der Waals surface area contributed by atoms with Gasteiger partial charge in [-0.25, -0.2) is 0 Å². The second-order valence-electron chi connectivity index (χ2n) is 6.20. The Morgan fingerprint density at radius 3 is 2.25 bits per heavy atom. The highest BCUT2D eigenvalue weighted by atomic mass is 16.3. The van der Waals surface area contributed by atoms with Crippen LogP contribution < -0.4 is 10.6 Å². The Bertz CT molecular complexity index is 633. The van der Waals surface area contributed by atoms with Gasteiger partial charge in [0.25, 0.3) is 0 Å². The molecule has 0 amide bonds. The van der Waals surface area contributed by atoms with E-state index in [9.17, 15) is 15.3 Å². The summed E-state index contributed by atoms with van der Waals surface area (Å²) in [4.78, 5) is 0. The third kappa shape index (κ3) is 3.83. The average Bonchev–Trinajstić information content (AvgIpc) is 2.96. The molecule has 0 aromatic heterocycles. The highest BCUT2D eigenvalue weighted by Crippen LogP contribution is 2.22. The van der Waals surface area contributed by atoms with E-state index >= 15 is 0 Å². The van der Waals surface area contributed by atoms with Crippen LogP contribution >= 0.6 is 0 Å². The SMILES string of the molecule is OCC(NC[C@H]1NC[C@H](O)[C@@H]1O)c1ccc(-c2ccccc2)cc1. The highest BCUT2D eigenvalue weighted by molar-refractivity contribution is 5.63. The van der Waals surface area contributed by atoms with Crippen LogP contribution in [0.2, 0.25) is 0 Å². The summed E-state index contributed by atoms with van der Waals surface area (Å²) < 4.78 is 0. The van der Waals surface area contributed by atoms with Crippen molar-refractivity contribution in [1.82, 2.24) is 10.6 Å². The van der Waals surface area contributed by atoms with Crippen molar-refractivity contribution in [2.24, 2.45) is 0 Å². The Balaban J connectivity index is 1.63. The molecule has 5 N–H and O–H groups in total. The molecule has 0 radical (unpaired) electrons. The number of aliphatic hydroxyl groups is 3. The van der Waals surface area contributed by atoms with E-state index in [1.165, 1.54) is 0 Å². The Hall–Kier alpha value is -1.76. The third-order valence-electron chi connectivity index (χ3n) is 4.58. The Morgan fingerprint density at radius 2 is 1.67 bits per heavy atom. The van der Waals surface area contributed by atoms with Gasteiger partial charge in [-0.2, -0.15) is 0 Å². The van der Waals surface area contributed by atoms with Crippen LogP contribution in [0, 0.1) is 0 Å². The fraction of sp³-hybridized carbons (Fsp3) is 0.368. The van der Waals surface area contributed by atoms with Crippen LogP contribution in [0.25, 0.3) is 11.1 Å². The van der Waals surface area contributed by atoms with Crippen molar-refractivity contribution in [2.45, 2.75) is 24.3 Å². The fourth-order valence-corrected chi connectivity index (χ4v) is 3.07. The first-order chi connectivity index (χ1) is 11.7. The van der Waals surface area contributed by atoms with Crippen LogP contribution in [-0.4, -0.2) is 53.3 Å². The summed E-state index contributed by atoms with van der Waals surface area (Å²) in [5.74, 6) is 0. The molecule has 1 fully saturated rings. The summed E-state index contributed by atoms with van der Waals surface area (Å²) in [6, 6.07) is 17.8. The van der Waals surface area contributed by atoms with Crippen molar-refractivity contribution in [1.29, 1.82) is 0 Å². The van der Waals surface area contributed by atoms with Crippen molar-refractivity contribution in [3.8, 4) is 11.1 Å². The van der Waals surface area contributed by atoms with Gasteiger partial charge in [0.2, 0.25) is 0 Å². The van der Waals surface area contributed by atoms with Gasteiger partial charge in [-0.15, -0.1) is 0 Å². The van der Waals surface area contributed by atoms with Gasteiger partial charge in [-0.1, -0.05) is 54.6 Å². The summed E-state index contributed by atoms with van der Waals surface area (Å²) in [7, 11) is 0. The number of hydrogen-bond acceptors (Lipinski definition) is 5. The minimum Gasteiger partial charge on any atom is -0.394 e. The molecule has 1 aliphatic rings. The van der Waals surface area contributed by atoms with Crippen LogP contribution in [0.3, 0.4) is 0 Å². The van der Waals surface area contributed by atoms with Crippen LogP contribution in [-0.2, 0) is 0 Å². The second kappa shape index (κ2) is 7.88. The predicted octanol–water partition coefficient (Wildman–Crippen LogP) is 0.670. The first-order valence-electron chi connectivity index (χ1n) is 8.28. The molecule has 4 atom stereocenters. The minimum atomic E-state index is -0.780. The number of aliphatic hydroxyl groups excluding tert-OH is 3. The van der Waals surface area contributed by atoms with Gasteiger partial charge in [0.1, 0.15) is 0 Å². The lowest BCUT2D eigenvalue weighted by molar-refractivity contribution is 0.0399. The van der Waals surface area contributed by atoms with Crippen molar-refractivity contribution in [3.63, 3.8) is 0 Å². The molecular formula is C19H24N2O3. The normalized spacial score (nSPS) is 24.9. The van der Waals surface area contributed by atoms with Gasteiger partial charge in [-0.05, 0) is 16.7 Å². The molecule has 3 rings (SSSR count). The number of benzene rings is 2. The Kier molecular flexibility index (Phi) is 5.60. The molecule has 0 aliphatic carbocycles. The van der Waals surface area contributed by atoms with E-state index in [0.29, 0.717) is 13.1 Å². The van der Waals surface area contributed by atoms with Gasteiger partial charge in [0.15, 0.2) is 0 Å². The van der Waals surface area contributed by atoms with Crippen LogP contribution in [0.1, 0.15) is 11.6 Å². The Morgan fingerprint density at radius 1 is 1.00 bits per heavy atom. The Labute approximate surface area is 142 Å². The van der Waals surface area contributed by atoms with Crippen molar-refractivity contribution < 1.29 is 15.3 Å². The van der Waals surface area contributed by atoms with Crippen molar-refractivity contribution >= 4 is 0 Å². The van der Waals surface area contributed by atoms with E-state index in [-0.39, 0.29) is 18.7 Å². The molecule has 5 heteroatoms. The first-order valence-corrected chi connectivity index (χ1v) is 8.28. The van der Waals surface area contributed by atoms with Crippen LogP contribution in [0.4, 0.5) is 0 Å². The van der Waals surface area contributed by atoms with Gasteiger partial charge < -0.3 is 26.0 Å². The lowest BCUT2D eigenvalue weighted by atomic mass is 10.0. The highest BCUT2D eigenvalue weighted by Gasteiger charge is 2.32. The molecule has 128 valence electrons. The van der Waals surface area contributed by atoms with Crippen LogP contribution in [0.15, 0.2) is 54.6 Å². The summed E-state index contributed by atoms with van der Waals surface area (Å²) in [5, 5.41) is 35.4. The van der Waals surface area contributed by atoms with Gasteiger partial charge >= 0.3 is 0 Å². The average molecular weight is 328 g/mol. The van der Waals surface area contributed by atoms with E-state index in [4.69, 9.17) is 0 Å². The molecule has 1 aliphatic heterocycles. The summed E-state index contributed by atoms with van der Waals surface area (Å²) in [5.41, 5.74) is 3.28. The lowest BCUT2D eigenvalue weighted by Gasteiger charge is -2.22. The van der Waals surface area contributed by atoms with E-state index < -0.39 is 12.2 Å². The molecule has 1 heterocycles. The maximum absolute atomic E-state index is 9.86. The zero-order valence-corrected chi connectivity index (χ0v) is 13.5. The molecule has 1 unspecified atom stereocenters. The summed E-state index contributed by atoms with van der Waals surface area (Å²) in [6.45, 7) is 0.836. The van der Waals surface area contributed by atoms with Crippen molar-refractivity contribution in [3.05, 3.63) is 60.2 Å². The first kappa shape index (κ1) is 17.1. The van der Waals surface area contributed by atoms with Crippen molar-refractivity contribution in [2.75, 3.05) is 19.7 Å². The molecule has 2 aromatic carbocycles. The summed E-state index contributed by atoms with van der Waals surface area (Å²) in [6.07, 6.45) is -1.51. The molecular weight excluding hydrogens is 304 g/mol. The molecule has 1 saturated heterocycles. The van der Waals surface area contributed by atoms with Crippen LogP contribution in [0.5, 0.6) is 0 Å². The van der Waals surface area contributed by atoms with Gasteiger partial charge in [-0.3, -0.25) is 0 Å². The molecule has 5 nitrogen and oxygen atoms in total. The maximum atomic E-state index is 9.86. The van der Waals surface area contributed by atoms with E-state index in [1.54, 1.807) is 0 Å². The molecule has 24 heavy (non-hydrogen) atoms. The maximum Gasteiger partial charge on any atom is 0.0976 e. The number of β-amino-alcohol motifs (C(OH)–C–C–N with tert-alkyl or cyclic N) is 1. The second-order valence-corrected chi connectivity index (χ2v) is 6.20. The van der Waals surface area contributed by atoms with Gasteiger partial charge in [0, 0.05) is 19.1 Å². The van der Waals surface area contributed by atoms with Gasteiger partial charge in [0.05, 0.1) is 24.9 Å². The predicted molar refractivity (Wildman–Crippen MR) is 93.5 cm³/mol. The molecule has 0 spiro atoms. The largest absolute Gasteiger partial charge is 0.394 e. The quantitative estimate of drug-likeness (QED) is 0.538. The zero-order chi connectivity index (χ0) is 16.9. The van der Waals surface area contributed by atoms with E-state index in [1.807, 2.05) is 42.5 Å². The molecule has 2 aromatic rings. The topological polar surface area (TPSA) is 84.8 Å². The minimum absolute atomic E-state index is 0.0317. The fourth-order valence-electron chi connectivity index (χ4n) is 3.07. The van der Waals surface area contributed by atoms with E-state index in [0.717, 1.165) is 16.7 Å². The lowest BCUT2D eigenvalue weighted by Crippen LogP contribution is -2.43. The summed E-state index contributed by atoms with van der Waals surface area (Å²) >= 11 is 0.